The van der Waals surface area contributed by atoms with Crippen molar-refractivity contribution in [3.63, 3.8) is 0 Å². The van der Waals surface area contributed by atoms with Crippen LogP contribution < -0.4 is 0 Å². The molecule has 2 nitrogen and oxygen atoms in total. The molecule has 1 aromatic carbocycles. The Bertz CT molecular complexity index is 486. The largest absolute Gasteiger partial charge is 0.393 e. The maximum atomic E-state index is 13.4. The Morgan fingerprint density at radius 1 is 1.30 bits per heavy atom. The normalized spacial score (nSPS) is 20.9. The van der Waals surface area contributed by atoms with Crippen LogP contribution in [0.2, 0.25) is 0 Å². The maximum absolute atomic E-state index is 13.4. The molecule has 0 aliphatic carbocycles. The van der Waals surface area contributed by atoms with Gasteiger partial charge in [0.15, 0.2) is 5.78 Å². The number of Topliss-reactive ketones (excluding diaryl/α,β-unsaturated/α-hetero) is 1. The van der Waals surface area contributed by atoms with E-state index in [9.17, 15) is 22.4 Å². The summed E-state index contributed by atoms with van der Waals surface area (Å²) >= 11 is 0. The van der Waals surface area contributed by atoms with Gasteiger partial charge in [0, 0.05) is 6.54 Å². The van der Waals surface area contributed by atoms with E-state index in [1.54, 1.807) is 0 Å². The zero-order valence-corrected chi connectivity index (χ0v) is 10.8. The number of rotatable bonds is 3. The molecule has 20 heavy (non-hydrogen) atoms. The van der Waals surface area contributed by atoms with Crippen LogP contribution in [0, 0.1) is 11.7 Å². The lowest BCUT2D eigenvalue weighted by atomic mass is 9.97. The molecule has 0 bridgehead atoms. The summed E-state index contributed by atoms with van der Waals surface area (Å²) in [6, 6.07) is 5.52. The van der Waals surface area contributed by atoms with Gasteiger partial charge < -0.3 is 0 Å². The van der Waals surface area contributed by atoms with Crippen molar-refractivity contribution in [1.29, 1.82) is 0 Å². The van der Waals surface area contributed by atoms with Gasteiger partial charge in [-0.2, -0.15) is 13.2 Å². The van der Waals surface area contributed by atoms with Crippen molar-refractivity contribution in [1.82, 2.24) is 4.90 Å². The van der Waals surface area contributed by atoms with Crippen LogP contribution in [0.15, 0.2) is 24.3 Å². The van der Waals surface area contributed by atoms with Crippen molar-refractivity contribution in [2.75, 3.05) is 19.6 Å². The van der Waals surface area contributed by atoms with Crippen LogP contribution in [0.5, 0.6) is 0 Å². The fraction of sp³-hybridized carbons (Fsp3) is 0.500. The number of nitrogens with zero attached hydrogens (tertiary/aromatic N) is 1. The zero-order valence-electron chi connectivity index (χ0n) is 10.8. The molecule has 0 saturated carbocycles. The Hall–Kier alpha value is -1.43. The minimum Gasteiger partial charge on any atom is -0.295 e. The van der Waals surface area contributed by atoms with E-state index < -0.39 is 23.7 Å². The van der Waals surface area contributed by atoms with Gasteiger partial charge in [0.25, 0.3) is 0 Å². The minimum atomic E-state index is -4.24. The number of halogens is 4. The van der Waals surface area contributed by atoms with E-state index in [-0.39, 0.29) is 25.1 Å². The number of likely N-dealkylation sites (tertiary alicyclic amines) is 1. The first-order valence-corrected chi connectivity index (χ1v) is 6.44. The molecule has 1 unspecified atom stereocenters. The van der Waals surface area contributed by atoms with Crippen LogP contribution in [0.4, 0.5) is 17.6 Å². The maximum Gasteiger partial charge on any atom is 0.393 e. The molecule has 6 heteroatoms. The van der Waals surface area contributed by atoms with Crippen LogP contribution in [0.1, 0.15) is 23.2 Å². The third-order valence-electron chi connectivity index (χ3n) is 3.51. The molecule has 0 N–H and O–H groups in total. The highest BCUT2D eigenvalue weighted by molar-refractivity contribution is 5.97. The molecular formula is C14H15F4NO. The van der Waals surface area contributed by atoms with Gasteiger partial charge in [0.05, 0.1) is 18.0 Å². The molecule has 1 heterocycles. The molecule has 1 aliphatic rings. The van der Waals surface area contributed by atoms with Crippen molar-refractivity contribution in [2.24, 2.45) is 5.92 Å². The number of benzene rings is 1. The SMILES string of the molecule is O=C(CN1CCCC(C(F)(F)F)C1)c1ccccc1F. The van der Waals surface area contributed by atoms with Crippen molar-refractivity contribution >= 4 is 5.78 Å². The van der Waals surface area contributed by atoms with E-state index in [4.69, 9.17) is 0 Å². The monoisotopic (exact) mass is 289 g/mol. The highest BCUT2D eigenvalue weighted by Crippen LogP contribution is 2.33. The molecular weight excluding hydrogens is 274 g/mol. The Kier molecular flexibility index (Phi) is 4.42. The van der Waals surface area contributed by atoms with E-state index in [0.29, 0.717) is 13.0 Å². The summed E-state index contributed by atoms with van der Waals surface area (Å²) in [5.41, 5.74) is -0.0679. The molecule has 1 fully saturated rings. The molecule has 1 atom stereocenters. The summed E-state index contributed by atoms with van der Waals surface area (Å²) in [6.45, 7) is 0.0734. The fourth-order valence-electron chi connectivity index (χ4n) is 2.44. The first-order valence-electron chi connectivity index (χ1n) is 6.44. The molecule has 0 spiro atoms. The second-order valence-electron chi connectivity index (χ2n) is 5.02. The van der Waals surface area contributed by atoms with E-state index in [1.165, 1.54) is 29.2 Å². The van der Waals surface area contributed by atoms with E-state index in [1.807, 2.05) is 0 Å². The van der Waals surface area contributed by atoms with E-state index >= 15 is 0 Å². The standard InChI is InChI=1S/C14H15F4NO/c15-12-6-2-1-5-11(12)13(20)9-19-7-3-4-10(8-19)14(16,17)18/h1-2,5-6,10H,3-4,7-9H2. The van der Waals surface area contributed by atoms with Crippen LogP contribution in [0.3, 0.4) is 0 Å². The zero-order chi connectivity index (χ0) is 14.8. The van der Waals surface area contributed by atoms with Crippen molar-refractivity contribution in [2.45, 2.75) is 19.0 Å². The molecule has 0 radical (unpaired) electrons. The predicted octanol–water partition coefficient (Wildman–Crippen LogP) is 3.28. The van der Waals surface area contributed by atoms with Crippen molar-refractivity contribution in [3.8, 4) is 0 Å². The lowest BCUT2D eigenvalue weighted by Gasteiger charge is -2.33. The summed E-state index contributed by atoms with van der Waals surface area (Å²) in [6.07, 6.45) is -3.75. The predicted molar refractivity (Wildman–Crippen MR) is 65.9 cm³/mol. The lowest BCUT2D eigenvalue weighted by Crippen LogP contribution is -2.43. The first kappa shape index (κ1) is 15.0. The average molecular weight is 289 g/mol. The molecule has 1 aliphatic heterocycles. The molecule has 1 aromatic rings. The van der Waals surface area contributed by atoms with Crippen LogP contribution >= 0.6 is 0 Å². The van der Waals surface area contributed by atoms with Gasteiger partial charge in [-0.1, -0.05) is 12.1 Å². The summed E-state index contributed by atoms with van der Waals surface area (Å²) in [5, 5.41) is 0. The van der Waals surface area contributed by atoms with Crippen LogP contribution in [-0.4, -0.2) is 36.5 Å². The van der Waals surface area contributed by atoms with E-state index in [2.05, 4.69) is 0 Å². The first-order chi connectivity index (χ1) is 9.38. The summed E-state index contributed by atoms with van der Waals surface area (Å²) in [5.74, 6) is -2.52. The third-order valence-corrected chi connectivity index (χ3v) is 3.51. The molecule has 110 valence electrons. The van der Waals surface area contributed by atoms with E-state index in [0.717, 1.165) is 0 Å². The van der Waals surface area contributed by atoms with Gasteiger partial charge >= 0.3 is 6.18 Å². The molecule has 2 rings (SSSR count). The second-order valence-corrected chi connectivity index (χ2v) is 5.02. The van der Waals surface area contributed by atoms with Gasteiger partial charge in [-0.05, 0) is 31.5 Å². The summed E-state index contributed by atoms with van der Waals surface area (Å²) < 4.78 is 51.4. The van der Waals surface area contributed by atoms with Gasteiger partial charge in [-0.3, -0.25) is 9.69 Å². The number of hydrogen-bond acceptors (Lipinski definition) is 2. The summed E-state index contributed by atoms with van der Waals surface area (Å²) in [4.78, 5) is 13.4. The Labute approximate surface area is 114 Å². The number of piperidine rings is 1. The Morgan fingerprint density at radius 2 is 2.00 bits per heavy atom. The number of carbonyl (C=O) groups is 1. The minimum absolute atomic E-state index is 0.0679. The Balaban J connectivity index is 2.00. The molecule has 1 saturated heterocycles. The topological polar surface area (TPSA) is 20.3 Å². The second kappa shape index (κ2) is 5.91. The van der Waals surface area contributed by atoms with Crippen molar-refractivity contribution in [3.05, 3.63) is 35.6 Å². The number of carbonyl (C=O) groups excluding carboxylic acids is 1. The lowest BCUT2D eigenvalue weighted by molar-refractivity contribution is -0.186. The number of ketones is 1. The average Bonchev–Trinajstić information content (AvgIpc) is 2.38. The van der Waals surface area contributed by atoms with Gasteiger partial charge in [-0.25, -0.2) is 4.39 Å². The van der Waals surface area contributed by atoms with Gasteiger partial charge in [0.1, 0.15) is 5.82 Å². The number of hydrogen-bond donors (Lipinski definition) is 0. The Morgan fingerprint density at radius 3 is 2.65 bits per heavy atom. The van der Waals surface area contributed by atoms with Crippen LogP contribution in [0.25, 0.3) is 0 Å². The quantitative estimate of drug-likeness (QED) is 0.628. The third kappa shape index (κ3) is 3.56. The number of alkyl halides is 3. The summed E-state index contributed by atoms with van der Waals surface area (Å²) in [7, 11) is 0. The fourth-order valence-corrected chi connectivity index (χ4v) is 2.44. The highest BCUT2D eigenvalue weighted by atomic mass is 19.4. The smallest absolute Gasteiger partial charge is 0.295 e. The highest BCUT2D eigenvalue weighted by Gasteiger charge is 2.41. The van der Waals surface area contributed by atoms with Gasteiger partial charge in [0.2, 0.25) is 0 Å². The molecule has 0 aromatic heterocycles. The van der Waals surface area contributed by atoms with Crippen molar-refractivity contribution < 1.29 is 22.4 Å². The molecule has 0 amide bonds. The van der Waals surface area contributed by atoms with Gasteiger partial charge in [-0.15, -0.1) is 0 Å². The van der Waals surface area contributed by atoms with Crippen LogP contribution in [-0.2, 0) is 0 Å².